The molecule has 0 atom stereocenters. The minimum atomic E-state index is 0.0208. The van der Waals surface area contributed by atoms with Crippen LogP contribution in [0.25, 0.3) is 22.0 Å². The second kappa shape index (κ2) is 8.78. The maximum absolute atomic E-state index is 12.8. The summed E-state index contributed by atoms with van der Waals surface area (Å²) in [6, 6.07) is 26.2. The van der Waals surface area contributed by atoms with E-state index in [0.717, 1.165) is 34.7 Å². The Morgan fingerprint density at radius 1 is 0.933 bits per heavy atom. The molecule has 1 heterocycles. The van der Waals surface area contributed by atoms with Crippen LogP contribution in [-0.4, -0.2) is 35.3 Å². The SMILES string of the molecule is CN(CCc1ccccc1)C(=O)Cn1cc(C=O)c2cc(-c3ccccc3)ccc21. The van der Waals surface area contributed by atoms with E-state index in [2.05, 4.69) is 12.1 Å². The van der Waals surface area contributed by atoms with Crippen LogP contribution >= 0.6 is 0 Å². The number of hydrogen-bond donors (Lipinski definition) is 0. The highest BCUT2D eigenvalue weighted by Gasteiger charge is 2.14. The number of nitrogens with zero attached hydrogens (tertiary/aromatic N) is 2. The fourth-order valence-corrected chi connectivity index (χ4v) is 3.69. The van der Waals surface area contributed by atoms with Crippen molar-refractivity contribution in [1.82, 2.24) is 9.47 Å². The molecule has 0 radical (unpaired) electrons. The first kappa shape index (κ1) is 19.6. The highest BCUT2D eigenvalue weighted by atomic mass is 16.2. The second-order valence-electron chi connectivity index (χ2n) is 7.48. The molecule has 0 bridgehead atoms. The van der Waals surface area contributed by atoms with Gasteiger partial charge in [-0.15, -0.1) is 0 Å². The number of aromatic nitrogens is 1. The van der Waals surface area contributed by atoms with Crippen LogP contribution in [0.5, 0.6) is 0 Å². The summed E-state index contributed by atoms with van der Waals surface area (Å²) in [4.78, 5) is 26.2. The van der Waals surface area contributed by atoms with E-state index in [-0.39, 0.29) is 12.5 Å². The van der Waals surface area contributed by atoms with Crippen molar-refractivity contribution in [3.05, 3.63) is 96.2 Å². The van der Waals surface area contributed by atoms with Gasteiger partial charge in [0.2, 0.25) is 5.91 Å². The van der Waals surface area contributed by atoms with E-state index in [1.54, 1.807) is 11.1 Å². The van der Waals surface area contributed by atoms with Crippen LogP contribution < -0.4 is 0 Å². The first-order valence-electron chi connectivity index (χ1n) is 10.1. The zero-order valence-corrected chi connectivity index (χ0v) is 17.0. The predicted octanol–water partition coefficient (Wildman–Crippen LogP) is 4.82. The Labute approximate surface area is 176 Å². The van der Waals surface area contributed by atoms with Crippen molar-refractivity contribution in [2.24, 2.45) is 0 Å². The van der Waals surface area contributed by atoms with E-state index in [9.17, 15) is 9.59 Å². The largest absolute Gasteiger partial charge is 0.344 e. The number of fused-ring (bicyclic) bond motifs is 1. The van der Waals surface area contributed by atoms with Gasteiger partial charge in [0.15, 0.2) is 6.29 Å². The Morgan fingerprint density at radius 2 is 1.63 bits per heavy atom. The Bertz CT molecular complexity index is 1160. The fourth-order valence-electron chi connectivity index (χ4n) is 3.69. The Hall–Kier alpha value is -3.66. The molecule has 0 aliphatic rings. The summed E-state index contributed by atoms with van der Waals surface area (Å²) in [5.41, 5.74) is 4.85. The summed E-state index contributed by atoms with van der Waals surface area (Å²) in [7, 11) is 1.82. The number of hydrogen-bond acceptors (Lipinski definition) is 2. The van der Waals surface area contributed by atoms with Crippen molar-refractivity contribution in [2.45, 2.75) is 13.0 Å². The van der Waals surface area contributed by atoms with Gasteiger partial charge in [0.1, 0.15) is 6.54 Å². The highest BCUT2D eigenvalue weighted by molar-refractivity contribution is 6.00. The molecule has 150 valence electrons. The number of likely N-dealkylation sites (N-methyl/N-ethyl adjacent to an activating group) is 1. The Balaban J connectivity index is 1.53. The molecular weight excluding hydrogens is 372 g/mol. The van der Waals surface area contributed by atoms with Crippen molar-refractivity contribution in [3.63, 3.8) is 0 Å². The summed E-state index contributed by atoms with van der Waals surface area (Å²) in [6.45, 7) is 0.862. The summed E-state index contributed by atoms with van der Waals surface area (Å²) in [6.07, 6.45) is 3.45. The molecule has 30 heavy (non-hydrogen) atoms. The zero-order valence-electron chi connectivity index (χ0n) is 17.0. The molecule has 0 unspecified atom stereocenters. The molecule has 0 aliphatic carbocycles. The minimum Gasteiger partial charge on any atom is -0.344 e. The molecule has 1 amide bonds. The van der Waals surface area contributed by atoms with Crippen LogP contribution in [0.2, 0.25) is 0 Å². The first-order chi connectivity index (χ1) is 14.7. The Kier molecular flexibility index (Phi) is 5.75. The molecule has 4 rings (SSSR count). The summed E-state index contributed by atoms with van der Waals surface area (Å²) >= 11 is 0. The lowest BCUT2D eigenvalue weighted by atomic mass is 10.0. The maximum Gasteiger partial charge on any atom is 0.242 e. The molecule has 1 aromatic heterocycles. The number of amides is 1. The first-order valence-corrected chi connectivity index (χ1v) is 10.1. The molecule has 0 saturated heterocycles. The van der Waals surface area contributed by atoms with Crippen LogP contribution in [-0.2, 0) is 17.8 Å². The molecule has 4 nitrogen and oxygen atoms in total. The van der Waals surface area contributed by atoms with Crippen molar-refractivity contribution < 1.29 is 9.59 Å². The van der Waals surface area contributed by atoms with Gasteiger partial charge >= 0.3 is 0 Å². The molecule has 0 spiro atoms. The Morgan fingerprint density at radius 3 is 2.33 bits per heavy atom. The van der Waals surface area contributed by atoms with Gasteiger partial charge in [0.25, 0.3) is 0 Å². The van der Waals surface area contributed by atoms with Gasteiger partial charge in [-0.1, -0.05) is 66.7 Å². The number of aldehydes is 1. The summed E-state index contributed by atoms with van der Waals surface area (Å²) in [5, 5.41) is 0.867. The van der Waals surface area contributed by atoms with Gasteiger partial charge in [0.05, 0.1) is 0 Å². The van der Waals surface area contributed by atoms with Crippen LogP contribution in [0.1, 0.15) is 15.9 Å². The van der Waals surface area contributed by atoms with E-state index < -0.39 is 0 Å². The topological polar surface area (TPSA) is 42.3 Å². The average molecular weight is 396 g/mol. The third kappa shape index (κ3) is 4.18. The third-order valence-electron chi connectivity index (χ3n) is 5.46. The molecular formula is C26H24N2O2. The number of rotatable bonds is 7. The average Bonchev–Trinajstić information content (AvgIpc) is 3.15. The van der Waals surface area contributed by atoms with E-state index in [0.29, 0.717) is 12.1 Å². The van der Waals surface area contributed by atoms with Gasteiger partial charge in [-0.3, -0.25) is 9.59 Å². The lowest BCUT2D eigenvalue weighted by Crippen LogP contribution is -2.31. The zero-order chi connectivity index (χ0) is 20.9. The fraction of sp³-hybridized carbons (Fsp3) is 0.154. The molecule has 0 fully saturated rings. The molecule has 0 N–H and O–H groups in total. The standard InChI is InChI=1S/C26H24N2O2/c1-27(15-14-20-8-4-2-5-9-20)26(30)18-28-17-23(19-29)24-16-22(12-13-25(24)28)21-10-6-3-7-11-21/h2-13,16-17,19H,14-15,18H2,1H3. The van der Waals surface area contributed by atoms with E-state index >= 15 is 0 Å². The van der Waals surface area contributed by atoms with Crippen molar-refractivity contribution in [1.29, 1.82) is 0 Å². The van der Waals surface area contributed by atoms with Gasteiger partial charge in [-0.2, -0.15) is 0 Å². The molecule has 3 aromatic carbocycles. The second-order valence-corrected chi connectivity index (χ2v) is 7.48. The monoisotopic (exact) mass is 396 g/mol. The van der Waals surface area contributed by atoms with Crippen LogP contribution in [0, 0.1) is 0 Å². The van der Waals surface area contributed by atoms with E-state index in [4.69, 9.17) is 0 Å². The van der Waals surface area contributed by atoms with Gasteiger partial charge in [0, 0.05) is 36.3 Å². The quantitative estimate of drug-likeness (QED) is 0.420. The highest BCUT2D eigenvalue weighted by Crippen LogP contribution is 2.27. The normalized spacial score (nSPS) is 10.8. The molecule has 4 heteroatoms. The minimum absolute atomic E-state index is 0.0208. The summed E-state index contributed by atoms with van der Waals surface area (Å²) in [5.74, 6) is 0.0208. The molecule has 0 aliphatic heterocycles. The smallest absolute Gasteiger partial charge is 0.242 e. The van der Waals surface area contributed by atoms with E-state index in [1.165, 1.54) is 5.56 Å². The van der Waals surface area contributed by atoms with Crippen molar-refractivity contribution in [2.75, 3.05) is 13.6 Å². The maximum atomic E-state index is 12.8. The van der Waals surface area contributed by atoms with Gasteiger partial charge < -0.3 is 9.47 Å². The van der Waals surface area contributed by atoms with Crippen molar-refractivity contribution >= 4 is 23.1 Å². The van der Waals surface area contributed by atoms with Gasteiger partial charge in [-0.05, 0) is 35.2 Å². The van der Waals surface area contributed by atoms with Crippen LogP contribution in [0.15, 0.2) is 85.1 Å². The number of carbonyl (C=O) groups is 2. The predicted molar refractivity (Wildman–Crippen MR) is 121 cm³/mol. The third-order valence-corrected chi connectivity index (χ3v) is 5.46. The lowest BCUT2D eigenvalue weighted by Gasteiger charge is -2.18. The lowest BCUT2D eigenvalue weighted by molar-refractivity contribution is -0.130. The molecule has 0 saturated carbocycles. The number of carbonyl (C=O) groups excluding carboxylic acids is 2. The van der Waals surface area contributed by atoms with Gasteiger partial charge in [-0.25, -0.2) is 0 Å². The van der Waals surface area contributed by atoms with Crippen molar-refractivity contribution in [3.8, 4) is 11.1 Å². The van der Waals surface area contributed by atoms with E-state index in [1.807, 2.05) is 78.3 Å². The molecule has 4 aromatic rings. The number of benzene rings is 3. The van der Waals surface area contributed by atoms with Crippen LogP contribution in [0.3, 0.4) is 0 Å². The van der Waals surface area contributed by atoms with Crippen LogP contribution in [0.4, 0.5) is 0 Å². The summed E-state index contributed by atoms with van der Waals surface area (Å²) < 4.78 is 1.87.